The second-order valence-corrected chi connectivity index (χ2v) is 6.32. The summed E-state index contributed by atoms with van der Waals surface area (Å²) in [5.74, 6) is 1.84. The Bertz CT molecular complexity index is 861. The standard InChI is InChI=1S/C19H19N3O3/c1-13-9-12-24-16(13)19(23)22-10-7-15(8-11-22)18-20-17(21-25-18)14-5-3-2-4-6-14/h2-6,9,12,15H,7-8,10-11H2,1H3. The first-order valence-electron chi connectivity index (χ1n) is 8.45. The molecule has 0 saturated carbocycles. The molecule has 25 heavy (non-hydrogen) atoms. The van der Waals surface area contributed by atoms with E-state index in [0.717, 1.165) is 24.0 Å². The highest BCUT2D eigenvalue weighted by Gasteiger charge is 2.29. The third-order valence-electron chi connectivity index (χ3n) is 4.66. The van der Waals surface area contributed by atoms with Crippen molar-refractivity contribution in [3.05, 3.63) is 59.9 Å². The van der Waals surface area contributed by atoms with Gasteiger partial charge in [-0.05, 0) is 25.8 Å². The fourth-order valence-corrected chi connectivity index (χ4v) is 3.17. The highest BCUT2D eigenvalue weighted by Crippen LogP contribution is 2.29. The van der Waals surface area contributed by atoms with Crippen molar-refractivity contribution in [2.24, 2.45) is 0 Å². The Labute approximate surface area is 145 Å². The molecule has 1 aliphatic heterocycles. The summed E-state index contributed by atoms with van der Waals surface area (Å²) >= 11 is 0. The zero-order valence-electron chi connectivity index (χ0n) is 14.0. The van der Waals surface area contributed by atoms with Crippen LogP contribution in [0.5, 0.6) is 0 Å². The van der Waals surface area contributed by atoms with E-state index in [1.165, 1.54) is 0 Å². The molecule has 0 bridgehead atoms. The van der Waals surface area contributed by atoms with Gasteiger partial charge in [0.1, 0.15) is 0 Å². The predicted octanol–water partition coefficient (Wildman–Crippen LogP) is 3.66. The van der Waals surface area contributed by atoms with E-state index in [4.69, 9.17) is 8.94 Å². The van der Waals surface area contributed by atoms with Gasteiger partial charge in [-0.15, -0.1) is 0 Å². The van der Waals surface area contributed by atoms with Gasteiger partial charge in [0.05, 0.1) is 6.26 Å². The van der Waals surface area contributed by atoms with E-state index in [9.17, 15) is 4.79 Å². The minimum Gasteiger partial charge on any atom is -0.459 e. The third-order valence-corrected chi connectivity index (χ3v) is 4.66. The molecule has 0 spiro atoms. The van der Waals surface area contributed by atoms with Gasteiger partial charge in [0.2, 0.25) is 11.7 Å². The van der Waals surface area contributed by atoms with Crippen molar-refractivity contribution < 1.29 is 13.7 Å². The lowest BCUT2D eigenvalue weighted by Crippen LogP contribution is -2.38. The summed E-state index contributed by atoms with van der Waals surface area (Å²) in [5.41, 5.74) is 1.81. The van der Waals surface area contributed by atoms with Crippen LogP contribution in [0.4, 0.5) is 0 Å². The molecule has 1 saturated heterocycles. The van der Waals surface area contributed by atoms with Crippen molar-refractivity contribution in [1.29, 1.82) is 0 Å². The van der Waals surface area contributed by atoms with Crippen molar-refractivity contribution in [3.63, 3.8) is 0 Å². The number of nitrogens with zero attached hydrogens (tertiary/aromatic N) is 3. The Morgan fingerprint density at radius 2 is 1.92 bits per heavy atom. The molecule has 6 nitrogen and oxygen atoms in total. The highest BCUT2D eigenvalue weighted by atomic mass is 16.5. The fraction of sp³-hybridized carbons (Fsp3) is 0.316. The molecule has 1 fully saturated rings. The summed E-state index contributed by atoms with van der Waals surface area (Å²) in [6, 6.07) is 11.6. The molecular weight excluding hydrogens is 318 g/mol. The molecule has 3 heterocycles. The lowest BCUT2D eigenvalue weighted by Gasteiger charge is -2.29. The number of rotatable bonds is 3. The van der Waals surface area contributed by atoms with Crippen LogP contribution >= 0.6 is 0 Å². The van der Waals surface area contributed by atoms with Gasteiger partial charge in [-0.1, -0.05) is 35.5 Å². The van der Waals surface area contributed by atoms with Gasteiger partial charge in [0, 0.05) is 30.1 Å². The number of hydrogen-bond acceptors (Lipinski definition) is 5. The lowest BCUT2D eigenvalue weighted by atomic mass is 9.96. The Balaban J connectivity index is 1.42. The monoisotopic (exact) mass is 337 g/mol. The van der Waals surface area contributed by atoms with E-state index in [1.807, 2.05) is 48.2 Å². The van der Waals surface area contributed by atoms with Crippen LogP contribution in [0.3, 0.4) is 0 Å². The third kappa shape index (κ3) is 3.07. The van der Waals surface area contributed by atoms with Gasteiger partial charge in [-0.25, -0.2) is 0 Å². The maximum absolute atomic E-state index is 12.5. The smallest absolute Gasteiger partial charge is 0.289 e. The van der Waals surface area contributed by atoms with Crippen LogP contribution in [0.25, 0.3) is 11.4 Å². The summed E-state index contributed by atoms with van der Waals surface area (Å²) < 4.78 is 10.8. The summed E-state index contributed by atoms with van der Waals surface area (Å²) in [5, 5.41) is 4.09. The Hall–Kier alpha value is -2.89. The number of amides is 1. The van der Waals surface area contributed by atoms with Crippen molar-refractivity contribution >= 4 is 5.91 Å². The zero-order valence-corrected chi connectivity index (χ0v) is 14.0. The van der Waals surface area contributed by atoms with Crippen LogP contribution in [-0.2, 0) is 0 Å². The van der Waals surface area contributed by atoms with Gasteiger partial charge in [-0.2, -0.15) is 4.98 Å². The molecule has 0 radical (unpaired) electrons. The highest BCUT2D eigenvalue weighted by molar-refractivity contribution is 5.92. The average Bonchev–Trinajstić information content (AvgIpc) is 3.31. The molecule has 2 aromatic heterocycles. The van der Waals surface area contributed by atoms with Gasteiger partial charge in [-0.3, -0.25) is 4.79 Å². The van der Waals surface area contributed by atoms with E-state index < -0.39 is 0 Å². The number of carbonyl (C=O) groups excluding carboxylic acids is 1. The van der Waals surface area contributed by atoms with Crippen LogP contribution < -0.4 is 0 Å². The van der Waals surface area contributed by atoms with Crippen LogP contribution in [-0.4, -0.2) is 34.0 Å². The Kier molecular flexibility index (Phi) is 4.09. The summed E-state index contributed by atoms with van der Waals surface area (Å²) in [4.78, 5) is 18.9. The molecule has 128 valence electrons. The number of aromatic nitrogens is 2. The molecule has 4 rings (SSSR count). The average molecular weight is 337 g/mol. The molecule has 1 amide bonds. The van der Waals surface area contributed by atoms with Crippen LogP contribution in [0, 0.1) is 6.92 Å². The molecular formula is C19H19N3O3. The molecule has 0 aliphatic carbocycles. The molecule has 0 N–H and O–H groups in total. The largest absolute Gasteiger partial charge is 0.459 e. The van der Waals surface area contributed by atoms with Crippen LogP contribution in [0.1, 0.15) is 40.8 Å². The van der Waals surface area contributed by atoms with Crippen molar-refractivity contribution in [1.82, 2.24) is 15.0 Å². The van der Waals surface area contributed by atoms with Crippen LogP contribution in [0.2, 0.25) is 0 Å². The molecule has 0 unspecified atom stereocenters. The Morgan fingerprint density at radius 1 is 1.16 bits per heavy atom. The number of likely N-dealkylation sites (tertiary alicyclic amines) is 1. The van der Waals surface area contributed by atoms with Gasteiger partial charge in [0.15, 0.2) is 5.76 Å². The van der Waals surface area contributed by atoms with E-state index >= 15 is 0 Å². The molecule has 3 aromatic rings. The van der Waals surface area contributed by atoms with Crippen molar-refractivity contribution in [3.8, 4) is 11.4 Å². The van der Waals surface area contributed by atoms with Gasteiger partial charge in [0.25, 0.3) is 5.91 Å². The first-order chi connectivity index (χ1) is 12.2. The number of hydrogen-bond donors (Lipinski definition) is 0. The minimum absolute atomic E-state index is 0.0450. The second-order valence-electron chi connectivity index (χ2n) is 6.32. The number of furan rings is 1. The van der Waals surface area contributed by atoms with Crippen LogP contribution in [0.15, 0.2) is 51.6 Å². The summed E-state index contributed by atoms with van der Waals surface area (Å²) in [7, 11) is 0. The first kappa shape index (κ1) is 15.6. The lowest BCUT2D eigenvalue weighted by molar-refractivity contribution is 0.0671. The molecule has 0 atom stereocenters. The van der Waals surface area contributed by atoms with E-state index in [-0.39, 0.29) is 11.8 Å². The number of benzene rings is 1. The van der Waals surface area contributed by atoms with Gasteiger partial charge >= 0.3 is 0 Å². The molecule has 1 aromatic carbocycles. The fourth-order valence-electron chi connectivity index (χ4n) is 3.17. The summed E-state index contributed by atoms with van der Waals surface area (Å²) in [6.45, 7) is 3.20. The Morgan fingerprint density at radius 3 is 2.60 bits per heavy atom. The van der Waals surface area contributed by atoms with Gasteiger partial charge < -0.3 is 13.8 Å². The topological polar surface area (TPSA) is 72.4 Å². The number of piperidine rings is 1. The normalized spacial score (nSPS) is 15.5. The summed E-state index contributed by atoms with van der Waals surface area (Å²) in [6.07, 6.45) is 3.17. The van der Waals surface area contributed by atoms with E-state index in [2.05, 4.69) is 10.1 Å². The minimum atomic E-state index is -0.0450. The maximum atomic E-state index is 12.5. The number of carbonyl (C=O) groups is 1. The van der Waals surface area contributed by atoms with E-state index in [1.54, 1.807) is 6.26 Å². The maximum Gasteiger partial charge on any atom is 0.289 e. The van der Waals surface area contributed by atoms with Crippen molar-refractivity contribution in [2.45, 2.75) is 25.7 Å². The predicted molar refractivity (Wildman–Crippen MR) is 91.1 cm³/mol. The SMILES string of the molecule is Cc1ccoc1C(=O)N1CCC(c2nc(-c3ccccc3)no2)CC1. The zero-order chi connectivity index (χ0) is 17.2. The second kappa shape index (κ2) is 6.55. The van der Waals surface area contributed by atoms with E-state index in [0.29, 0.717) is 30.6 Å². The van der Waals surface area contributed by atoms with Crippen molar-refractivity contribution in [2.75, 3.05) is 13.1 Å². The molecule has 6 heteroatoms. The first-order valence-corrected chi connectivity index (χ1v) is 8.45. The quantitative estimate of drug-likeness (QED) is 0.729. The number of aryl methyl sites for hydroxylation is 1. The molecule has 1 aliphatic rings.